The lowest BCUT2D eigenvalue weighted by Gasteiger charge is -2.61. The van der Waals surface area contributed by atoms with Crippen molar-refractivity contribution in [2.45, 2.75) is 82.5 Å². The number of methoxy groups -OCH3 is 1. The van der Waals surface area contributed by atoms with E-state index in [0.29, 0.717) is 41.6 Å². The van der Waals surface area contributed by atoms with Gasteiger partial charge in [-0.2, -0.15) is 0 Å². The molecule has 5 rings (SSSR count). The molecular weight excluding hydrogens is 412 g/mol. The van der Waals surface area contributed by atoms with E-state index in [0.717, 1.165) is 44.9 Å². The predicted octanol–water partition coefficient (Wildman–Crippen LogP) is 4.48. The van der Waals surface area contributed by atoms with Gasteiger partial charge in [-0.25, -0.2) is 0 Å². The number of carbonyl (C=O) groups is 3. The van der Waals surface area contributed by atoms with Crippen molar-refractivity contribution in [1.29, 1.82) is 0 Å². The van der Waals surface area contributed by atoms with Gasteiger partial charge in [-0.3, -0.25) is 14.4 Å². The fourth-order valence-corrected chi connectivity index (χ4v) is 9.57. The SMILES string of the molecule is COC(=O)CS[C@@H]1CC2=CC(=O)CC[C@]2(C)[C@H]2CC[C@@]3(C)[C@@H](CC[C@@]34CCC(=O)O4)[C@H]12. The molecule has 0 aromatic carbocycles. The van der Waals surface area contributed by atoms with Gasteiger partial charge in [0.1, 0.15) is 5.60 Å². The van der Waals surface area contributed by atoms with Crippen molar-refractivity contribution in [3.63, 3.8) is 0 Å². The van der Waals surface area contributed by atoms with Crippen LogP contribution in [0, 0.1) is 28.6 Å². The maximum Gasteiger partial charge on any atom is 0.315 e. The van der Waals surface area contributed by atoms with Crippen molar-refractivity contribution in [2.24, 2.45) is 28.6 Å². The van der Waals surface area contributed by atoms with E-state index < -0.39 is 0 Å². The molecule has 1 saturated heterocycles. The molecule has 170 valence electrons. The second-order valence-electron chi connectivity index (χ2n) is 10.9. The number of hydrogen-bond acceptors (Lipinski definition) is 6. The third-order valence-corrected chi connectivity index (χ3v) is 11.2. The zero-order chi connectivity index (χ0) is 22.0. The molecular formula is C25H34O5S. The molecule has 4 aliphatic carbocycles. The Kier molecular flexibility index (Phi) is 5.11. The number of ketones is 1. The number of fused-ring (bicyclic) bond motifs is 6. The standard InChI is InChI=1S/C25H34O5S/c1-23-8-4-16(26)12-15(23)13-19(31-14-21(28)29-3)22-17(23)5-9-24(2)18(22)6-10-25(24)11-7-20(27)30-25/h12,17-19,22H,4-11,13-14H2,1-3H3/t17-,18-,19+,22+,23-,24-,25+/m0/s1. The maximum absolute atomic E-state index is 12.3. The highest BCUT2D eigenvalue weighted by Gasteiger charge is 2.68. The van der Waals surface area contributed by atoms with Gasteiger partial charge < -0.3 is 9.47 Å². The van der Waals surface area contributed by atoms with Gasteiger partial charge in [0.25, 0.3) is 0 Å². The van der Waals surface area contributed by atoms with Crippen molar-refractivity contribution in [1.82, 2.24) is 0 Å². The van der Waals surface area contributed by atoms with Crippen LogP contribution in [0.1, 0.15) is 71.6 Å². The molecule has 0 N–H and O–H groups in total. The number of rotatable bonds is 3. The fourth-order valence-electron chi connectivity index (χ4n) is 8.20. The number of hydrogen-bond donors (Lipinski definition) is 0. The fraction of sp³-hybridized carbons (Fsp3) is 0.800. The van der Waals surface area contributed by atoms with Gasteiger partial charge in [-0.15, -0.1) is 11.8 Å². The zero-order valence-electron chi connectivity index (χ0n) is 18.9. The number of thioether (sulfide) groups is 1. The van der Waals surface area contributed by atoms with Crippen LogP contribution in [0.2, 0.25) is 0 Å². The van der Waals surface area contributed by atoms with Crippen molar-refractivity contribution >= 4 is 29.5 Å². The highest BCUT2D eigenvalue weighted by atomic mass is 32.2. The molecule has 31 heavy (non-hydrogen) atoms. The topological polar surface area (TPSA) is 69.7 Å². The van der Waals surface area contributed by atoms with E-state index in [1.54, 1.807) is 11.8 Å². The van der Waals surface area contributed by atoms with E-state index in [1.165, 1.54) is 12.7 Å². The first-order valence-corrected chi connectivity index (χ1v) is 12.9. The van der Waals surface area contributed by atoms with Crippen LogP contribution in [0.5, 0.6) is 0 Å². The maximum atomic E-state index is 12.3. The Labute approximate surface area is 189 Å². The second kappa shape index (κ2) is 7.36. The van der Waals surface area contributed by atoms with Crippen LogP contribution in [0.3, 0.4) is 0 Å². The number of ether oxygens (including phenoxy) is 2. The van der Waals surface area contributed by atoms with Gasteiger partial charge in [-0.1, -0.05) is 19.4 Å². The van der Waals surface area contributed by atoms with E-state index in [2.05, 4.69) is 13.8 Å². The van der Waals surface area contributed by atoms with Crippen LogP contribution < -0.4 is 0 Å². The molecule has 4 fully saturated rings. The van der Waals surface area contributed by atoms with E-state index in [1.807, 2.05) is 6.08 Å². The zero-order valence-corrected chi connectivity index (χ0v) is 19.7. The van der Waals surface area contributed by atoms with Gasteiger partial charge in [0.05, 0.1) is 12.9 Å². The lowest BCUT2D eigenvalue weighted by Crippen LogP contribution is -2.57. The lowest BCUT2D eigenvalue weighted by atomic mass is 9.46. The Morgan fingerprint density at radius 3 is 2.61 bits per heavy atom. The Bertz CT molecular complexity index is 851. The third kappa shape index (κ3) is 3.07. The molecule has 5 aliphatic rings. The van der Waals surface area contributed by atoms with E-state index in [9.17, 15) is 14.4 Å². The number of carbonyl (C=O) groups excluding carboxylic acids is 3. The minimum absolute atomic E-state index is 0.00641. The highest BCUT2D eigenvalue weighted by Crippen LogP contribution is 2.70. The van der Waals surface area contributed by atoms with Crippen LogP contribution in [0.4, 0.5) is 0 Å². The van der Waals surface area contributed by atoms with Crippen LogP contribution in [0.25, 0.3) is 0 Å². The Balaban J connectivity index is 1.51. The average Bonchev–Trinajstić information content (AvgIpc) is 3.27. The predicted molar refractivity (Wildman–Crippen MR) is 118 cm³/mol. The molecule has 0 unspecified atom stereocenters. The normalized spacial score (nSPS) is 46.1. The summed E-state index contributed by atoms with van der Waals surface area (Å²) in [5.74, 6) is 1.86. The third-order valence-electron chi connectivity index (χ3n) is 9.94. The smallest absolute Gasteiger partial charge is 0.315 e. The Morgan fingerprint density at radius 2 is 1.90 bits per heavy atom. The molecule has 0 bridgehead atoms. The van der Waals surface area contributed by atoms with E-state index >= 15 is 0 Å². The molecule has 1 aliphatic heterocycles. The first-order chi connectivity index (χ1) is 14.7. The Hall–Kier alpha value is -1.30. The van der Waals surface area contributed by atoms with E-state index in [-0.39, 0.29) is 34.2 Å². The summed E-state index contributed by atoms with van der Waals surface area (Å²) in [6.45, 7) is 4.76. The first kappa shape index (κ1) is 21.5. The molecule has 1 heterocycles. The molecule has 0 radical (unpaired) electrons. The summed E-state index contributed by atoms with van der Waals surface area (Å²) in [5.41, 5.74) is 1.09. The summed E-state index contributed by atoms with van der Waals surface area (Å²) in [6.07, 6.45) is 10.0. The van der Waals surface area contributed by atoms with Crippen molar-refractivity contribution in [2.75, 3.05) is 12.9 Å². The summed E-state index contributed by atoms with van der Waals surface area (Å²) >= 11 is 1.72. The van der Waals surface area contributed by atoms with Crippen LogP contribution in [-0.2, 0) is 23.9 Å². The second-order valence-corrected chi connectivity index (χ2v) is 12.2. The average molecular weight is 447 g/mol. The van der Waals surface area contributed by atoms with Crippen LogP contribution in [0.15, 0.2) is 11.6 Å². The first-order valence-electron chi connectivity index (χ1n) is 11.9. The molecule has 0 amide bonds. The van der Waals surface area contributed by atoms with Crippen LogP contribution >= 0.6 is 11.8 Å². The summed E-state index contributed by atoms with van der Waals surface area (Å²) in [5, 5.41) is 0.297. The molecule has 0 aromatic rings. The minimum Gasteiger partial charge on any atom is -0.468 e. The molecule has 3 saturated carbocycles. The quantitative estimate of drug-likeness (QED) is 0.596. The summed E-state index contributed by atoms with van der Waals surface area (Å²) in [7, 11) is 1.44. The minimum atomic E-state index is -0.295. The van der Waals surface area contributed by atoms with Gasteiger partial charge in [0.2, 0.25) is 0 Å². The van der Waals surface area contributed by atoms with Gasteiger partial charge in [0.15, 0.2) is 5.78 Å². The monoisotopic (exact) mass is 446 g/mol. The Morgan fingerprint density at radius 1 is 1.13 bits per heavy atom. The number of allylic oxidation sites excluding steroid dienone is 1. The van der Waals surface area contributed by atoms with Gasteiger partial charge in [-0.05, 0) is 74.2 Å². The summed E-state index contributed by atoms with van der Waals surface area (Å²) in [6, 6.07) is 0. The summed E-state index contributed by atoms with van der Waals surface area (Å²) in [4.78, 5) is 36.4. The number of esters is 2. The largest absolute Gasteiger partial charge is 0.468 e. The molecule has 6 heteroatoms. The van der Waals surface area contributed by atoms with E-state index in [4.69, 9.17) is 9.47 Å². The summed E-state index contributed by atoms with van der Waals surface area (Å²) < 4.78 is 11.0. The molecule has 5 nitrogen and oxygen atoms in total. The lowest BCUT2D eigenvalue weighted by molar-refractivity contribution is -0.167. The van der Waals surface area contributed by atoms with Crippen molar-refractivity contribution in [3.8, 4) is 0 Å². The molecule has 1 spiro atoms. The molecule has 0 aromatic heterocycles. The van der Waals surface area contributed by atoms with Crippen LogP contribution in [-0.4, -0.2) is 41.4 Å². The van der Waals surface area contributed by atoms with Crippen molar-refractivity contribution < 1.29 is 23.9 Å². The van der Waals surface area contributed by atoms with Gasteiger partial charge >= 0.3 is 11.9 Å². The molecule has 7 atom stereocenters. The van der Waals surface area contributed by atoms with Gasteiger partial charge in [0, 0.05) is 23.5 Å². The highest BCUT2D eigenvalue weighted by molar-refractivity contribution is 8.00. The van der Waals surface area contributed by atoms with Crippen molar-refractivity contribution in [3.05, 3.63) is 11.6 Å².